The van der Waals surface area contributed by atoms with Gasteiger partial charge in [-0.15, -0.1) is 0 Å². The molecule has 19 heavy (non-hydrogen) atoms. The maximum Gasteiger partial charge on any atom is 0.0905 e. The molecular weight excluding hydrogens is 238 g/mol. The van der Waals surface area contributed by atoms with Crippen LogP contribution in [0.25, 0.3) is 0 Å². The third kappa shape index (κ3) is 6.98. The Balaban J connectivity index is 2.12. The van der Waals surface area contributed by atoms with Crippen LogP contribution in [0, 0.1) is 11.8 Å². The Labute approximate surface area is 118 Å². The highest BCUT2D eigenvalue weighted by Crippen LogP contribution is 2.25. The molecule has 0 saturated heterocycles. The van der Waals surface area contributed by atoms with Crippen molar-refractivity contribution in [3.05, 3.63) is 11.8 Å². The molecule has 1 rings (SSSR count). The highest BCUT2D eigenvalue weighted by molar-refractivity contribution is 4.89. The fourth-order valence-corrected chi connectivity index (χ4v) is 2.68. The lowest BCUT2D eigenvalue weighted by Crippen LogP contribution is -2.21. The minimum absolute atomic E-state index is 0.266. The smallest absolute Gasteiger partial charge is 0.0905 e. The summed E-state index contributed by atoms with van der Waals surface area (Å²) in [5.74, 6) is 2.11. The van der Waals surface area contributed by atoms with Crippen molar-refractivity contribution in [2.75, 3.05) is 13.2 Å². The van der Waals surface area contributed by atoms with E-state index in [2.05, 4.69) is 13.0 Å². The van der Waals surface area contributed by atoms with Crippen molar-refractivity contribution in [1.82, 2.24) is 0 Å². The number of allylic oxidation sites excluding steroid dienone is 2. The van der Waals surface area contributed by atoms with Crippen LogP contribution in [0.15, 0.2) is 11.8 Å². The minimum Gasteiger partial charge on any atom is -0.498 e. The van der Waals surface area contributed by atoms with Crippen LogP contribution in [0.2, 0.25) is 0 Å². The number of aliphatic hydroxyl groups excluding tert-OH is 1. The van der Waals surface area contributed by atoms with Gasteiger partial charge in [-0.05, 0) is 63.5 Å². The molecule has 112 valence electrons. The normalized spacial score (nSPS) is 20.5. The van der Waals surface area contributed by atoms with Crippen LogP contribution in [-0.2, 0) is 4.74 Å². The van der Waals surface area contributed by atoms with E-state index in [0.717, 1.165) is 31.1 Å². The highest BCUT2D eigenvalue weighted by atomic mass is 16.5. The zero-order valence-corrected chi connectivity index (χ0v) is 12.6. The van der Waals surface area contributed by atoms with E-state index in [-0.39, 0.29) is 6.10 Å². The van der Waals surface area contributed by atoms with Crippen molar-refractivity contribution in [3.8, 4) is 0 Å². The van der Waals surface area contributed by atoms with Crippen LogP contribution in [0.1, 0.15) is 58.8 Å². The second-order valence-corrected chi connectivity index (χ2v) is 5.98. The van der Waals surface area contributed by atoms with Crippen LogP contribution in [0.5, 0.6) is 0 Å². The summed E-state index contributed by atoms with van der Waals surface area (Å²) >= 11 is 0. The molecule has 0 aromatic rings. The highest BCUT2D eigenvalue weighted by Gasteiger charge is 2.15. The van der Waals surface area contributed by atoms with E-state index in [1.54, 1.807) is 0 Å². The van der Waals surface area contributed by atoms with Gasteiger partial charge in [-0.1, -0.05) is 19.8 Å². The SMILES string of the molecule is C/C(=C\CCC(C)C(O)CCN)OCC1CCCC1. The van der Waals surface area contributed by atoms with Crippen molar-refractivity contribution in [3.63, 3.8) is 0 Å². The van der Waals surface area contributed by atoms with Gasteiger partial charge in [-0.3, -0.25) is 0 Å². The van der Waals surface area contributed by atoms with Crippen LogP contribution in [-0.4, -0.2) is 24.4 Å². The molecule has 3 N–H and O–H groups in total. The average Bonchev–Trinajstić information content (AvgIpc) is 2.89. The number of nitrogens with two attached hydrogens (primary N) is 1. The molecule has 3 nitrogen and oxygen atoms in total. The van der Waals surface area contributed by atoms with E-state index < -0.39 is 0 Å². The first-order valence-electron chi connectivity index (χ1n) is 7.81. The zero-order chi connectivity index (χ0) is 14.1. The lowest BCUT2D eigenvalue weighted by atomic mass is 9.96. The van der Waals surface area contributed by atoms with Gasteiger partial charge in [0.2, 0.25) is 0 Å². The minimum atomic E-state index is -0.266. The lowest BCUT2D eigenvalue weighted by Gasteiger charge is -2.17. The van der Waals surface area contributed by atoms with Crippen molar-refractivity contribution in [2.45, 2.75) is 64.9 Å². The second kappa shape index (κ2) is 9.38. The van der Waals surface area contributed by atoms with Crippen molar-refractivity contribution < 1.29 is 9.84 Å². The summed E-state index contributed by atoms with van der Waals surface area (Å²) in [6.07, 6.45) is 9.94. The number of rotatable bonds is 9. The Morgan fingerprint density at radius 3 is 2.68 bits per heavy atom. The maximum absolute atomic E-state index is 9.80. The first-order chi connectivity index (χ1) is 9.13. The van der Waals surface area contributed by atoms with E-state index in [1.807, 2.05) is 6.92 Å². The Hall–Kier alpha value is -0.540. The van der Waals surface area contributed by atoms with E-state index in [9.17, 15) is 5.11 Å². The van der Waals surface area contributed by atoms with Gasteiger partial charge in [0.15, 0.2) is 0 Å². The number of aliphatic hydroxyl groups is 1. The number of ether oxygens (including phenoxy) is 1. The quantitative estimate of drug-likeness (QED) is 0.632. The molecule has 1 fully saturated rings. The van der Waals surface area contributed by atoms with Crippen LogP contribution in [0.4, 0.5) is 0 Å². The summed E-state index contributed by atoms with van der Waals surface area (Å²) in [6, 6.07) is 0. The molecular formula is C16H31NO2. The third-order valence-corrected chi connectivity index (χ3v) is 4.19. The lowest BCUT2D eigenvalue weighted by molar-refractivity contribution is 0.105. The molecule has 2 atom stereocenters. The molecule has 0 spiro atoms. The summed E-state index contributed by atoms with van der Waals surface area (Å²) in [5, 5.41) is 9.80. The van der Waals surface area contributed by atoms with Crippen LogP contribution >= 0.6 is 0 Å². The topological polar surface area (TPSA) is 55.5 Å². The first kappa shape index (κ1) is 16.5. The van der Waals surface area contributed by atoms with Crippen LogP contribution < -0.4 is 5.73 Å². The van der Waals surface area contributed by atoms with Crippen LogP contribution in [0.3, 0.4) is 0 Å². The van der Waals surface area contributed by atoms with Gasteiger partial charge in [0.05, 0.1) is 18.5 Å². The second-order valence-electron chi connectivity index (χ2n) is 5.98. The van der Waals surface area contributed by atoms with Gasteiger partial charge >= 0.3 is 0 Å². The van der Waals surface area contributed by atoms with Gasteiger partial charge in [-0.25, -0.2) is 0 Å². The molecule has 0 aromatic carbocycles. The summed E-state index contributed by atoms with van der Waals surface area (Å²) in [4.78, 5) is 0. The molecule has 0 aliphatic heterocycles. The summed E-state index contributed by atoms with van der Waals surface area (Å²) in [7, 11) is 0. The van der Waals surface area contributed by atoms with E-state index in [4.69, 9.17) is 10.5 Å². The molecule has 0 amide bonds. The van der Waals surface area contributed by atoms with Crippen molar-refractivity contribution >= 4 is 0 Å². The molecule has 1 aliphatic carbocycles. The predicted octanol–water partition coefficient (Wildman–Crippen LogP) is 3.22. The largest absolute Gasteiger partial charge is 0.498 e. The molecule has 0 radical (unpaired) electrons. The monoisotopic (exact) mass is 269 g/mol. The fraction of sp³-hybridized carbons (Fsp3) is 0.875. The number of hydrogen-bond acceptors (Lipinski definition) is 3. The third-order valence-electron chi connectivity index (χ3n) is 4.19. The summed E-state index contributed by atoms with van der Waals surface area (Å²) < 4.78 is 5.79. The molecule has 1 saturated carbocycles. The fourth-order valence-electron chi connectivity index (χ4n) is 2.68. The molecule has 2 unspecified atom stereocenters. The Morgan fingerprint density at radius 2 is 2.05 bits per heavy atom. The maximum atomic E-state index is 9.80. The average molecular weight is 269 g/mol. The van der Waals surface area contributed by atoms with E-state index >= 15 is 0 Å². The predicted molar refractivity (Wildman–Crippen MR) is 79.7 cm³/mol. The molecule has 0 bridgehead atoms. The van der Waals surface area contributed by atoms with Crippen molar-refractivity contribution in [1.29, 1.82) is 0 Å². The first-order valence-corrected chi connectivity index (χ1v) is 7.81. The van der Waals surface area contributed by atoms with Crippen molar-refractivity contribution in [2.24, 2.45) is 17.6 Å². The zero-order valence-electron chi connectivity index (χ0n) is 12.6. The Morgan fingerprint density at radius 1 is 1.37 bits per heavy atom. The van der Waals surface area contributed by atoms with E-state index in [1.165, 1.54) is 25.7 Å². The van der Waals surface area contributed by atoms with Gasteiger partial charge in [0.1, 0.15) is 0 Å². The van der Waals surface area contributed by atoms with Gasteiger partial charge in [0, 0.05) is 0 Å². The molecule has 3 heteroatoms. The van der Waals surface area contributed by atoms with Gasteiger partial charge < -0.3 is 15.6 Å². The standard InChI is InChI=1S/C16H31NO2/c1-13(16(18)10-11-17)6-5-7-14(2)19-12-15-8-3-4-9-15/h7,13,15-16,18H,3-6,8-12,17H2,1-2H3/b14-7+. The molecule has 1 aliphatic rings. The molecule has 0 aromatic heterocycles. The van der Waals surface area contributed by atoms with Gasteiger partial charge in [-0.2, -0.15) is 0 Å². The van der Waals surface area contributed by atoms with E-state index in [0.29, 0.717) is 18.9 Å². The summed E-state index contributed by atoms with van der Waals surface area (Å²) in [6.45, 7) is 5.57. The van der Waals surface area contributed by atoms with Gasteiger partial charge in [0.25, 0.3) is 0 Å². The molecule has 0 heterocycles. The number of hydrogen-bond donors (Lipinski definition) is 2. The Kier molecular flexibility index (Phi) is 8.15. The Bertz CT molecular complexity index is 259. The summed E-state index contributed by atoms with van der Waals surface area (Å²) in [5.41, 5.74) is 5.45.